The number of pyridine rings is 1. The zero-order valence-electron chi connectivity index (χ0n) is 14.2. The Labute approximate surface area is 145 Å². The number of hydrogen-bond acceptors (Lipinski definition) is 3. The number of likely N-dealkylation sites (N-methyl/N-ethyl adjacent to an activating group) is 1. The predicted molar refractivity (Wildman–Crippen MR) is 98.8 cm³/mol. The number of hydrogen-bond donors (Lipinski definition) is 2. The number of carboxylic acids is 1. The molecule has 0 bridgehead atoms. The van der Waals surface area contributed by atoms with Gasteiger partial charge in [0.1, 0.15) is 6.04 Å². The number of carboxylic acid groups (broad SMARTS) is 1. The van der Waals surface area contributed by atoms with Crippen LogP contribution in [-0.4, -0.2) is 28.7 Å². The van der Waals surface area contributed by atoms with E-state index in [1.54, 1.807) is 18.7 Å². The zero-order valence-corrected chi connectivity index (χ0v) is 14.2. The van der Waals surface area contributed by atoms with E-state index in [2.05, 4.69) is 5.32 Å². The van der Waals surface area contributed by atoms with Gasteiger partial charge < -0.3 is 15.0 Å². The van der Waals surface area contributed by atoms with Crippen molar-refractivity contribution in [3.05, 3.63) is 70.5 Å². The van der Waals surface area contributed by atoms with Crippen molar-refractivity contribution in [3.8, 4) is 11.1 Å². The maximum atomic E-state index is 12.7. The van der Waals surface area contributed by atoms with Crippen LogP contribution in [0.1, 0.15) is 5.56 Å². The zero-order chi connectivity index (χ0) is 18.0. The fourth-order valence-corrected chi connectivity index (χ4v) is 3.00. The van der Waals surface area contributed by atoms with Crippen molar-refractivity contribution in [2.75, 3.05) is 7.05 Å². The summed E-state index contributed by atoms with van der Waals surface area (Å²) < 4.78 is 1.65. The van der Waals surface area contributed by atoms with Crippen molar-refractivity contribution in [1.29, 1.82) is 0 Å². The molecule has 0 spiro atoms. The van der Waals surface area contributed by atoms with Crippen LogP contribution < -0.4 is 10.9 Å². The van der Waals surface area contributed by atoms with E-state index in [1.165, 1.54) is 0 Å². The molecule has 0 saturated heterocycles. The number of nitrogens with zero attached hydrogens (tertiary/aromatic N) is 1. The monoisotopic (exact) mass is 336 g/mol. The Bertz CT molecular complexity index is 974. The molecule has 0 aliphatic carbocycles. The lowest BCUT2D eigenvalue weighted by molar-refractivity contribution is -0.139. The largest absolute Gasteiger partial charge is 0.480 e. The summed E-state index contributed by atoms with van der Waals surface area (Å²) in [4.78, 5) is 23.8. The Hall–Kier alpha value is -2.92. The van der Waals surface area contributed by atoms with E-state index in [1.807, 2.05) is 54.6 Å². The van der Waals surface area contributed by atoms with Crippen molar-refractivity contribution in [3.63, 3.8) is 0 Å². The van der Waals surface area contributed by atoms with Gasteiger partial charge in [-0.2, -0.15) is 0 Å². The molecular formula is C20H20N2O3. The van der Waals surface area contributed by atoms with Crippen LogP contribution in [0.2, 0.25) is 0 Å². The van der Waals surface area contributed by atoms with Crippen LogP contribution in [0.15, 0.2) is 59.4 Å². The summed E-state index contributed by atoms with van der Waals surface area (Å²) in [6.07, 6.45) is 0.391. The first-order chi connectivity index (χ1) is 12.0. The lowest BCUT2D eigenvalue weighted by Gasteiger charge is -2.12. The number of fused-ring (bicyclic) bond motifs is 1. The molecule has 0 aliphatic rings. The minimum Gasteiger partial charge on any atom is -0.480 e. The Morgan fingerprint density at radius 3 is 2.48 bits per heavy atom. The van der Waals surface area contributed by atoms with Gasteiger partial charge in [0, 0.05) is 12.6 Å². The summed E-state index contributed by atoms with van der Waals surface area (Å²) in [6, 6.07) is 16.5. The van der Waals surface area contributed by atoms with E-state index in [4.69, 9.17) is 5.11 Å². The molecule has 128 valence electrons. The van der Waals surface area contributed by atoms with Crippen molar-refractivity contribution in [2.24, 2.45) is 7.05 Å². The third kappa shape index (κ3) is 3.32. The first-order valence-electron chi connectivity index (χ1n) is 8.09. The van der Waals surface area contributed by atoms with Crippen molar-refractivity contribution < 1.29 is 9.90 Å². The van der Waals surface area contributed by atoms with Crippen LogP contribution >= 0.6 is 0 Å². The summed E-state index contributed by atoms with van der Waals surface area (Å²) in [7, 11) is 3.40. The molecule has 2 N–H and O–H groups in total. The second-order valence-corrected chi connectivity index (χ2v) is 6.06. The maximum absolute atomic E-state index is 12.7. The molecule has 0 amide bonds. The number of para-hydroxylation sites is 1. The van der Waals surface area contributed by atoms with Gasteiger partial charge in [0.05, 0.1) is 5.52 Å². The predicted octanol–water partition coefficient (Wildman–Crippen LogP) is 2.42. The van der Waals surface area contributed by atoms with Gasteiger partial charge in [-0.05, 0) is 42.1 Å². The molecule has 0 radical (unpaired) electrons. The first-order valence-corrected chi connectivity index (χ1v) is 8.09. The maximum Gasteiger partial charge on any atom is 0.321 e. The number of carbonyl (C=O) groups is 1. The van der Waals surface area contributed by atoms with Gasteiger partial charge in [-0.25, -0.2) is 0 Å². The molecule has 0 fully saturated rings. The van der Waals surface area contributed by atoms with Gasteiger partial charge in [-0.1, -0.05) is 42.5 Å². The fourth-order valence-electron chi connectivity index (χ4n) is 3.00. The molecule has 1 atom stereocenters. The second kappa shape index (κ2) is 6.91. The van der Waals surface area contributed by atoms with E-state index in [9.17, 15) is 9.59 Å². The van der Waals surface area contributed by atoms with Crippen LogP contribution in [0.3, 0.4) is 0 Å². The minimum atomic E-state index is -0.880. The van der Waals surface area contributed by atoms with E-state index in [0.29, 0.717) is 12.0 Å². The topological polar surface area (TPSA) is 71.3 Å². The highest BCUT2D eigenvalue weighted by molar-refractivity contribution is 5.84. The molecule has 0 saturated carbocycles. The number of aliphatic carboxylic acids is 1. The van der Waals surface area contributed by atoms with Crippen LogP contribution in [-0.2, 0) is 18.3 Å². The van der Waals surface area contributed by atoms with Crippen LogP contribution in [0.4, 0.5) is 0 Å². The first kappa shape index (κ1) is 16.9. The second-order valence-electron chi connectivity index (χ2n) is 6.06. The van der Waals surface area contributed by atoms with Gasteiger partial charge in [0.2, 0.25) is 0 Å². The summed E-state index contributed by atoms with van der Waals surface area (Å²) in [5.41, 5.74) is 3.21. The van der Waals surface area contributed by atoms with E-state index in [-0.39, 0.29) is 5.56 Å². The lowest BCUT2D eigenvalue weighted by Crippen LogP contribution is -2.35. The third-order valence-electron chi connectivity index (χ3n) is 4.48. The lowest BCUT2D eigenvalue weighted by atomic mass is 10.0. The molecule has 1 heterocycles. The average molecular weight is 336 g/mol. The SMILES string of the molecule is CN[C@@H](Cc1ccc(-c2cc3ccccc3n(C)c2=O)cc1)C(=O)O. The van der Waals surface area contributed by atoms with Gasteiger partial charge in [0.25, 0.3) is 5.56 Å². The Kier molecular flexibility index (Phi) is 4.67. The molecule has 1 aromatic heterocycles. The van der Waals surface area contributed by atoms with E-state index >= 15 is 0 Å². The Balaban J connectivity index is 1.98. The molecule has 0 unspecified atom stereocenters. The van der Waals surface area contributed by atoms with Crippen LogP contribution in [0.5, 0.6) is 0 Å². The highest BCUT2D eigenvalue weighted by atomic mass is 16.4. The summed E-state index contributed by atoms with van der Waals surface area (Å²) in [5.74, 6) is -0.880. The molecule has 0 aliphatic heterocycles. The molecular weight excluding hydrogens is 316 g/mol. The summed E-state index contributed by atoms with van der Waals surface area (Å²) in [6.45, 7) is 0. The van der Waals surface area contributed by atoms with Crippen molar-refractivity contribution >= 4 is 16.9 Å². The molecule has 25 heavy (non-hydrogen) atoms. The van der Waals surface area contributed by atoms with Gasteiger partial charge >= 0.3 is 5.97 Å². The van der Waals surface area contributed by atoms with Crippen molar-refractivity contribution in [1.82, 2.24) is 9.88 Å². The Morgan fingerprint density at radius 2 is 1.84 bits per heavy atom. The minimum absolute atomic E-state index is 0.0508. The van der Waals surface area contributed by atoms with Gasteiger partial charge in [-0.15, -0.1) is 0 Å². The Morgan fingerprint density at radius 1 is 1.16 bits per heavy atom. The molecule has 5 nitrogen and oxygen atoms in total. The van der Waals surface area contributed by atoms with Gasteiger partial charge in [-0.3, -0.25) is 9.59 Å². The third-order valence-corrected chi connectivity index (χ3v) is 4.48. The number of aryl methyl sites for hydroxylation is 1. The van der Waals surface area contributed by atoms with E-state index in [0.717, 1.165) is 22.0 Å². The highest BCUT2D eigenvalue weighted by Gasteiger charge is 2.15. The van der Waals surface area contributed by atoms with Crippen LogP contribution in [0.25, 0.3) is 22.0 Å². The molecule has 3 aromatic rings. The fraction of sp³-hybridized carbons (Fsp3) is 0.200. The number of aromatic nitrogens is 1. The standard InChI is InChI=1S/C20H20N2O3/c1-21-17(20(24)25)11-13-7-9-14(10-8-13)16-12-15-5-3-4-6-18(15)22(2)19(16)23/h3-10,12,17,21H,11H2,1-2H3,(H,24,25)/t17-/m0/s1. The summed E-state index contributed by atoms with van der Waals surface area (Å²) in [5, 5.41) is 12.9. The normalized spacial score (nSPS) is 12.2. The highest BCUT2D eigenvalue weighted by Crippen LogP contribution is 2.21. The quantitative estimate of drug-likeness (QED) is 0.751. The number of rotatable bonds is 5. The molecule has 2 aromatic carbocycles. The van der Waals surface area contributed by atoms with Crippen LogP contribution in [0, 0.1) is 0 Å². The molecule has 5 heteroatoms. The van der Waals surface area contributed by atoms with E-state index < -0.39 is 12.0 Å². The number of benzene rings is 2. The smallest absolute Gasteiger partial charge is 0.321 e. The average Bonchev–Trinajstić information content (AvgIpc) is 2.63. The van der Waals surface area contributed by atoms with Gasteiger partial charge in [0.15, 0.2) is 0 Å². The number of nitrogens with one attached hydrogen (secondary N) is 1. The summed E-state index contributed by atoms with van der Waals surface area (Å²) >= 11 is 0. The van der Waals surface area contributed by atoms with Crippen molar-refractivity contribution in [2.45, 2.75) is 12.5 Å². The molecule has 3 rings (SSSR count).